The monoisotopic (exact) mass is 120 g/mol. The van der Waals surface area contributed by atoms with Gasteiger partial charge < -0.3 is 4.74 Å². The van der Waals surface area contributed by atoms with E-state index in [1.807, 2.05) is 0 Å². The van der Waals surface area contributed by atoms with Crippen LogP contribution in [0, 0.1) is 0 Å². The zero-order valence-corrected chi connectivity index (χ0v) is 4.61. The van der Waals surface area contributed by atoms with E-state index < -0.39 is 0 Å². The summed E-state index contributed by atoms with van der Waals surface area (Å²) in [6.45, 7) is 0. The maximum atomic E-state index is 4.76. The van der Waals surface area contributed by atoms with E-state index in [1.54, 1.807) is 24.7 Å². The lowest BCUT2D eigenvalue weighted by atomic mass is 10.5. The first kappa shape index (κ1) is 4.49. The molecule has 1 aromatic rings. The zero-order valence-electron chi connectivity index (χ0n) is 4.61. The van der Waals surface area contributed by atoms with Crippen molar-refractivity contribution in [1.82, 2.24) is 9.97 Å². The van der Waals surface area contributed by atoms with Crippen molar-refractivity contribution in [2.45, 2.75) is 0 Å². The molecule has 0 spiro atoms. The Morgan fingerprint density at radius 2 is 1.89 bits per heavy atom. The SMILES string of the molecule is C1=C(c2ncccn2)O1. The highest BCUT2D eigenvalue weighted by Gasteiger charge is 2.14. The molecule has 1 aliphatic rings. The molecule has 0 aromatic carbocycles. The summed E-state index contributed by atoms with van der Waals surface area (Å²) in [7, 11) is 0. The molecule has 2 heterocycles. The van der Waals surface area contributed by atoms with Gasteiger partial charge in [-0.3, -0.25) is 0 Å². The Kier molecular flexibility index (Phi) is 0.773. The van der Waals surface area contributed by atoms with E-state index in [-0.39, 0.29) is 0 Å². The molecule has 0 N–H and O–H groups in total. The first-order valence-electron chi connectivity index (χ1n) is 2.61. The first-order chi connectivity index (χ1) is 4.47. The van der Waals surface area contributed by atoms with E-state index >= 15 is 0 Å². The predicted octanol–water partition coefficient (Wildman–Crippen LogP) is 0.805. The summed E-state index contributed by atoms with van der Waals surface area (Å²) in [6, 6.07) is 1.77. The van der Waals surface area contributed by atoms with Crippen LogP contribution in [0.25, 0.3) is 5.76 Å². The molecule has 44 valence electrons. The van der Waals surface area contributed by atoms with Gasteiger partial charge >= 0.3 is 0 Å². The second-order valence-corrected chi connectivity index (χ2v) is 1.67. The van der Waals surface area contributed by atoms with Crippen molar-refractivity contribution in [3.05, 3.63) is 30.5 Å². The highest BCUT2D eigenvalue weighted by molar-refractivity contribution is 5.60. The Morgan fingerprint density at radius 1 is 1.22 bits per heavy atom. The topological polar surface area (TPSA) is 38.3 Å². The van der Waals surface area contributed by atoms with Crippen LogP contribution in [0.2, 0.25) is 0 Å². The Morgan fingerprint density at radius 3 is 2.44 bits per heavy atom. The van der Waals surface area contributed by atoms with Crippen molar-refractivity contribution < 1.29 is 4.74 Å². The number of hydrogen-bond acceptors (Lipinski definition) is 3. The van der Waals surface area contributed by atoms with Crippen molar-refractivity contribution >= 4 is 5.76 Å². The fraction of sp³-hybridized carbons (Fsp3) is 0. The fourth-order valence-electron chi connectivity index (χ4n) is 0.561. The lowest BCUT2D eigenvalue weighted by molar-refractivity contribution is 0.558. The van der Waals surface area contributed by atoms with Gasteiger partial charge in [-0.15, -0.1) is 0 Å². The third kappa shape index (κ3) is 0.762. The molecule has 0 unspecified atom stereocenters. The average molecular weight is 120 g/mol. The van der Waals surface area contributed by atoms with Gasteiger partial charge in [-0.1, -0.05) is 0 Å². The van der Waals surface area contributed by atoms with Crippen LogP contribution in [-0.2, 0) is 4.74 Å². The summed E-state index contributed by atoms with van der Waals surface area (Å²) >= 11 is 0. The molecule has 0 radical (unpaired) electrons. The van der Waals surface area contributed by atoms with Crippen molar-refractivity contribution in [3.8, 4) is 0 Å². The maximum absolute atomic E-state index is 4.76. The summed E-state index contributed by atoms with van der Waals surface area (Å²) < 4.78 is 4.76. The number of hydrogen-bond donors (Lipinski definition) is 0. The molecule has 1 aliphatic heterocycles. The lowest BCUT2D eigenvalue weighted by Gasteiger charge is -1.84. The van der Waals surface area contributed by atoms with Crippen LogP contribution >= 0.6 is 0 Å². The van der Waals surface area contributed by atoms with Crippen molar-refractivity contribution in [3.63, 3.8) is 0 Å². The fourth-order valence-corrected chi connectivity index (χ4v) is 0.561. The molecule has 0 aliphatic carbocycles. The highest BCUT2D eigenvalue weighted by Crippen LogP contribution is 2.22. The van der Waals surface area contributed by atoms with Gasteiger partial charge in [0.25, 0.3) is 0 Å². The number of nitrogens with zero attached hydrogens (tertiary/aromatic N) is 2. The normalized spacial score (nSPS) is 14.0. The second-order valence-electron chi connectivity index (χ2n) is 1.67. The summed E-state index contributed by atoms with van der Waals surface area (Å²) in [5.74, 6) is 1.44. The molecular weight excluding hydrogens is 116 g/mol. The third-order valence-corrected chi connectivity index (χ3v) is 1.02. The Hall–Kier alpha value is -1.38. The largest absolute Gasteiger partial charge is 0.454 e. The van der Waals surface area contributed by atoms with E-state index in [4.69, 9.17) is 4.74 Å². The molecule has 0 atom stereocenters. The smallest absolute Gasteiger partial charge is 0.206 e. The third-order valence-electron chi connectivity index (χ3n) is 1.02. The molecule has 0 saturated carbocycles. The van der Waals surface area contributed by atoms with Gasteiger partial charge in [0, 0.05) is 12.4 Å². The summed E-state index contributed by atoms with van der Waals surface area (Å²) in [4.78, 5) is 7.87. The minimum absolute atomic E-state index is 0.664. The molecule has 0 bridgehead atoms. The zero-order chi connectivity index (χ0) is 6.10. The molecule has 0 saturated heterocycles. The summed E-state index contributed by atoms with van der Waals surface area (Å²) in [5, 5.41) is 0. The van der Waals surface area contributed by atoms with Gasteiger partial charge in [-0.05, 0) is 6.07 Å². The van der Waals surface area contributed by atoms with Crippen LogP contribution in [-0.4, -0.2) is 9.97 Å². The molecule has 3 heteroatoms. The molecule has 1 aromatic heterocycles. The van der Waals surface area contributed by atoms with E-state index in [0.29, 0.717) is 5.82 Å². The standard InChI is InChI=1S/C6H4N2O/c1-2-7-6(8-3-1)5-4-9-5/h1-4H. The average Bonchev–Trinajstić information content (AvgIpc) is 2.71. The molecular formula is C6H4N2O. The van der Waals surface area contributed by atoms with Crippen LogP contribution in [0.5, 0.6) is 0 Å². The van der Waals surface area contributed by atoms with Crippen LogP contribution in [0.15, 0.2) is 24.7 Å². The van der Waals surface area contributed by atoms with Crippen LogP contribution in [0.1, 0.15) is 5.82 Å². The van der Waals surface area contributed by atoms with Gasteiger partial charge in [0.1, 0.15) is 6.26 Å². The van der Waals surface area contributed by atoms with Crippen LogP contribution in [0.3, 0.4) is 0 Å². The highest BCUT2D eigenvalue weighted by atomic mass is 16.5. The maximum Gasteiger partial charge on any atom is 0.206 e. The van der Waals surface area contributed by atoms with Gasteiger partial charge in [-0.25, -0.2) is 9.97 Å². The lowest BCUT2D eigenvalue weighted by Crippen LogP contribution is -1.84. The van der Waals surface area contributed by atoms with Crippen molar-refractivity contribution in [2.75, 3.05) is 0 Å². The number of rotatable bonds is 1. The van der Waals surface area contributed by atoms with E-state index in [9.17, 15) is 0 Å². The quantitative estimate of drug-likeness (QED) is 0.550. The van der Waals surface area contributed by atoms with Gasteiger partial charge in [0.15, 0.2) is 5.82 Å². The second kappa shape index (κ2) is 1.55. The summed E-state index contributed by atoms with van der Waals surface area (Å²) in [5.41, 5.74) is 0. The Balaban J connectivity index is 2.40. The van der Waals surface area contributed by atoms with E-state index in [2.05, 4.69) is 9.97 Å². The van der Waals surface area contributed by atoms with Gasteiger partial charge in [-0.2, -0.15) is 0 Å². The molecule has 9 heavy (non-hydrogen) atoms. The number of ether oxygens (including phenoxy) is 1. The molecule has 2 rings (SSSR count). The minimum atomic E-state index is 0.664. The molecule has 0 fully saturated rings. The minimum Gasteiger partial charge on any atom is -0.454 e. The predicted molar refractivity (Wildman–Crippen MR) is 31.1 cm³/mol. The van der Waals surface area contributed by atoms with Crippen molar-refractivity contribution in [1.29, 1.82) is 0 Å². The van der Waals surface area contributed by atoms with Crippen LogP contribution < -0.4 is 0 Å². The van der Waals surface area contributed by atoms with Gasteiger partial charge in [0.2, 0.25) is 5.76 Å². The molecule has 3 nitrogen and oxygen atoms in total. The number of aromatic nitrogens is 2. The summed E-state index contributed by atoms with van der Waals surface area (Å²) in [6.07, 6.45) is 4.99. The first-order valence-corrected chi connectivity index (χ1v) is 2.61. The molecule has 0 amide bonds. The van der Waals surface area contributed by atoms with Crippen LogP contribution in [0.4, 0.5) is 0 Å². The van der Waals surface area contributed by atoms with Crippen molar-refractivity contribution in [2.24, 2.45) is 0 Å². The van der Waals surface area contributed by atoms with Gasteiger partial charge in [0.05, 0.1) is 0 Å². The Labute approximate surface area is 52.0 Å². The Bertz CT molecular complexity index is 242. The van der Waals surface area contributed by atoms with E-state index in [0.717, 1.165) is 5.76 Å². The van der Waals surface area contributed by atoms with E-state index in [1.165, 1.54) is 0 Å².